The van der Waals surface area contributed by atoms with Crippen LogP contribution in [0.15, 0.2) is 28.7 Å². The number of benzene rings is 1. The van der Waals surface area contributed by atoms with E-state index in [0.29, 0.717) is 13.2 Å². The molecule has 0 radical (unpaired) electrons. The molecule has 1 heterocycles. The Morgan fingerprint density at radius 1 is 1.45 bits per heavy atom. The summed E-state index contributed by atoms with van der Waals surface area (Å²) in [5.74, 6) is 0.479. The third-order valence-electron chi connectivity index (χ3n) is 3.22. The van der Waals surface area contributed by atoms with E-state index in [1.807, 2.05) is 25.1 Å². The first-order chi connectivity index (χ1) is 9.59. The summed E-state index contributed by atoms with van der Waals surface area (Å²) in [7, 11) is 0. The lowest BCUT2D eigenvalue weighted by atomic mass is 10.1. The van der Waals surface area contributed by atoms with Crippen LogP contribution in [0.3, 0.4) is 0 Å². The second-order valence-corrected chi connectivity index (χ2v) is 4.78. The maximum absolute atomic E-state index is 10.5. The van der Waals surface area contributed by atoms with Crippen LogP contribution < -0.4 is 11.1 Å². The molecule has 2 aromatic rings. The van der Waals surface area contributed by atoms with Crippen molar-refractivity contribution in [3.05, 3.63) is 35.6 Å². The van der Waals surface area contributed by atoms with Gasteiger partial charge in [0.15, 0.2) is 0 Å². The Bertz CT molecular complexity index is 592. The number of primary amides is 1. The molecule has 0 aliphatic carbocycles. The number of nitrogens with one attached hydrogen (secondary N) is 1. The fourth-order valence-electron chi connectivity index (χ4n) is 2.22. The van der Waals surface area contributed by atoms with E-state index in [1.165, 1.54) is 0 Å². The standard InChI is InChI=1S/C15H20N2O3/c1-10-12-5-3-4-6-13(12)20-15(10)11(2)17-7-8-19-9-14(16)18/h3-6,11,17H,7-9H2,1-2H3,(H2,16,18). The van der Waals surface area contributed by atoms with Crippen molar-refractivity contribution in [3.63, 3.8) is 0 Å². The number of fused-ring (bicyclic) bond motifs is 1. The minimum Gasteiger partial charge on any atom is -0.459 e. The molecule has 1 atom stereocenters. The van der Waals surface area contributed by atoms with Crippen molar-refractivity contribution < 1.29 is 13.9 Å². The molecular weight excluding hydrogens is 256 g/mol. The Balaban J connectivity index is 1.92. The molecule has 108 valence electrons. The first-order valence-corrected chi connectivity index (χ1v) is 6.67. The zero-order chi connectivity index (χ0) is 14.5. The predicted molar refractivity (Wildman–Crippen MR) is 77.4 cm³/mol. The second kappa shape index (κ2) is 6.54. The Labute approximate surface area is 118 Å². The van der Waals surface area contributed by atoms with Crippen LogP contribution in [0.25, 0.3) is 11.0 Å². The molecule has 0 aliphatic rings. The summed E-state index contributed by atoms with van der Waals surface area (Å²) in [5.41, 5.74) is 7.04. The summed E-state index contributed by atoms with van der Waals surface area (Å²) in [6.45, 7) is 5.12. The van der Waals surface area contributed by atoms with E-state index >= 15 is 0 Å². The molecule has 5 nitrogen and oxygen atoms in total. The molecule has 0 fully saturated rings. The van der Waals surface area contributed by atoms with Crippen LogP contribution in [0.2, 0.25) is 0 Å². The highest BCUT2D eigenvalue weighted by atomic mass is 16.5. The molecule has 0 bridgehead atoms. The van der Waals surface area contributed by atoms with Gasteiger partial charge in [-0.15, -0.1) is 0 Å². The van der Waals surface area contributed by atoms with E-state index in [1.54, 1.807) is 0 Å². The molecule has 0 aliphatic heterocycles. The molecule has 2 rings (SSSR count). The van der Waals surface area contributed by atoms with Gasteiger partial charge in [-0.2, -0.15) is 0 Å². The largest absolute Gasteiger partial charge is 0.459 e. The monoisotopic (exact) mass is 276 g/mol. The Morgan fingerprint density at radius 3 is 2.90 bits per heavy atom. The van der Waals surface area contributed by atoms with Gasteiger partial charge in [0, 0.05) is 11.9 Å². The van der Waals surface area contributed by atoms with Crippen molar-refractivity contribution in [2.24, 2.45) is 5.73 Å². The molecule has 1 unspecified atom stereocenters. The molecular formula is C15H20N2O3. The summed E-state index contributed by atoms with van der Waals surface area (Å²) in [6.07, 6.45) is 0. The fraction of sp³-hybridized carbons (Fsp3) is 0.400. The normalized spacial score (nSPS) is 12.7. The molecule has 1 aromatic heterocycles. The maximum Gasteiger partial charge on any atom is 0.243 e. The number of furan rings is 1. The van der Waals surface area contributed by atoms with Crippen LogP contribution in [0, 0.1) is 6.92 Å². The highest BCUT2D eigenvalue weighted by Gasteiger charge is 2.15. The number of para-hydroxylation sites is 1. The molecule has 1 amide bonds. The first kappa shape index (κ1) is 14.6. The summed E-state index contributed by atoms with van der Waals surface area (Å²) >= 11 is 0. The zero-order valence-electron chi connectivity index (χ0n) is 11.8. The van der Waals surface area contributed by atoms with Gasteiger partial charge in [0.2, 0.25) is 5.91 Å². The quantitative estimate of drug-likeness (QED) is 0.757. The van der Waals surface area contributed by atoms with Gasteiger partial charge in [-0.25, -0.2) is 0 Å². The van der Waals surface area contributed by atoms with Gasteiger partial charge in [-0.3, -0.25) is 4.79 Å². The van der Waals surface area contributed by atoms with Crippen LogP contribution in [-0.2, 0) is 9.53 Å². The molecule has 0 saturated heterocycles. The van der Waals surface area contributed by atoms with E-state index in [9.17, 15) is 4.79 Å². The number of hydrogen-bond acceptors (Lipinski definition) is 4. The zero-order valence-corrected chi connectivity index (χ0v) is 11.8. The fourth-order valence-corrected chi connectivity index (χ4v) is 2.22. The SMILES string of the molecule is Cc1c(C(C)NCCOCC(N)=O)oc2ccccc12. The number of rotatable bonds is 7. The Kier molecular flexibility index (Phi) is 4.76. The lowest BCUT2D eigenvalue weighted by Crippen LogP contribution is -2.26. The summed E-state index contributed by atoms with van der Waals surface area (Å²) in [4.78, 5) is 10.5. The average molecular weight is 276 g/mol. The lowest BCUT2D eigenvalue weighted by Gasteiger charge is -2.12. The van der Waals surface area contributed by atoms with Crippen LogP contribution in [-0.4, -0.2) is 25.7 Å². The van der Waals surface area contributed by atoms with Crippen LogP contribution in [0.4, 0.5) is 0 Å². The summed E-state index contributed by atoms with van der Waals surface area (Å²) in [5, 5.41) is 4.44. The van der Waals surface area contributed by atoms with Crippen molar-refractivity contribution in [2.75, 3.05) is 19.8 Å². The molecule has 20 heavy (non-hydrogen) atoms. The minimum atomic E-state index is -0.453. The van der Waals surface area contributed by atoms with Gasteiger partial charge < -0.3 is 20.2 Å². The van der Waals surface area contributed by atoms with Gasteiger partial charge in [-0.05, 0) is 25.5 Å². The van der Waals surface area contributed by atoms with Gasteiger partial charge in [0.25, 0.3) is 0 Å². The lowest BCUT2D eigenvalue weighted by molar-refractivity contribution is -0.122. The topological polar surface area (TPSA) is 77.5 Å². The summed E-state index contributed by atoms with van der Waals surface area (Å²) in [6, 6.07) is 8.07. The summed E-state index contributed by atoms with van der Waals surface area (Å²) < 4.78 is 11.0. The Hall–Kier alpha value is -1.85. The number of amides is 1. The van der Waals surface area contributed by atoms with E-state index in [4.69, 9.17) is 14.9 Å². The number of aryl methyl sites for hydroxylation is 1. The number of ether oxygens (including phenoxy) is 1. The van der Waals surface area contributed by atoms with Crippen molar-refractivity contribution in [1.82, 2.24) is 5.32 Å². The molecule has 5 heteroatoms. The number of nitrogens with two attached hydrogens (primary N) is 1. The average Bonchev–Trinajstić information content (AvgIpc) is 2.76. The van der Waals surface area contributed by atoms with Crippen molar-refractivity contribution in [1.29, 1.82) is 0 Å². The Morgan fingerprint density at radius 2 is 2.20 bits per heavy atom. The van der Waals surface area contributed by atoms with Crippen molar-refractivity contribution in [2.45, 2.75) is 19.9 Å². The number of carbonyl (C=O) groups is 1. The van der Waals surface area contributed by atoms with Gasteiger partial charge in [0.05, 0.1) is 12.6 Å². The minimum absolute atomic E-state index is 0.0419. The van der Waals surface area contributed by atoms with Crippen LogP contribution in [0.5, 0.6) is 0 Å². The van der Waals surface area contributed by atoms with E-state index in [2.05, 4.69) is 18.3 Å². The third kappa shape index (κ3) is 3.37. The van der Waals surface area contributed by atoms with Gasteiger partial charge in [0.1, 0.15) is 18.0 Å². The molecule has 3 N–H and O–H groups in total. The van der Waals surface area contributed by atoms with Crippen LogP contribution in [0.1, 0.15) is 24.3 Å². The molecule has 1 aromatic carbocycles. The number of carbonyl (C=O) groups excluding carboxylic acids is 1. The maximum atomic E-state index is 10.5. The van der Waals surface area contributed by atoms with Gasteiger partial charge in [-0.1, -0.05) is 18.2 Å². The highest BCUT2D eigenvalue weighted by Crippen LogP contribution is 2.28. The molecule has 0 saturated carbocycles. The highest BCUT2D eigenvalue weighted by molar-refractivity contribution is 5.82. The first-order valence-electron chi connectivity index (χ1n) is 6.67. The van der Waals surface area contributed by atoms with Crippen molar-refractivity contribution in [3.8, 4) is 0 Å². The number of hydrogen-bond donors (Lipinski definition) is 2. The second-order valence-electron chi connectivity index (χ2n) is 4.78. The smallest absolute Gasteiger partial charge is 0.243 e. The van der Waals surface area contributed by atoms with E-state index in [-0.39, 0.29) is 12.6 Å². The molecule has 0 spiro atoms. The van der Waals surface area contributed by atoms with E-state index in [0.717, 1.165) is 22.3 Å². The van der Waals surface area contributed by atoms with Crippen LogP contribution >= 0.6 is 0 Å². The third-order valence-corrected chi connectivity index (χ3v) is 3.22. The van der Waals surface area contributed by atoms with E-state index < -0.39 is 5.91 Å². The predicted octanol–water partition coefficient (Wildman–Crippen LogP) is 1.89. The van der Waals surface area contributed by atoms with Crippen molar-refractivity contribution >= 4 is 16.9 Å². The van der Waals surface area contributed by atoms with Gasteiger partial charge >= 0.3 is 0 Å².